The largest absolute Gasteiger partial charge is 0.356 e. The van der Waals surface area contributed by atoms with Gasteiger partial charge in [0, 0.05) is 24.3 Å². The van der Waals surface area contributed by atoms with Crippen molar-refractivity contribution in [1.29, 1.82) is 0 Å². The summed E-state index contributed by atoms with van der Waals surface area (Å²) in [5.41, 5.74) is 2.30. The summed E-state index contributed by atoms with van der Waals surface area (Å²) in [6.45, 7) is 6.55. The van der Waals surface area contributed by atoms with Gasteiger partial charge < -0.3 is 4.90 Å². The van der Waals surface area contributed by atoms with E-state index in [-0.39, 0.29) is 0 Å². The van der Waals surface area contributed by atoms with Crippen molar-refractivity contribution < 1.29 is 0 Å². The first kappa shape index (κ1) is 11.2. The molecule has 0 radical (unpaired) electrons. The van der Waals surface area contributed by atoms with E-state index in [0.29, 0.717) is 0 Å². The number of hydrogen-bond donors (Lipinski definition) is 0. The number of anilines is 1. The SMILES string of the molecule is Cc1nc2ncnn2c(N2C[C@@H]3CCC[C@H]3C2)c1C. The quantitative estimate of drug-likeness (QED) is 0.783. The maximum atomic E-state index is 4.50. The maximum Gasteiger partial charge on any atom is 0.254 e. The Morgan fingerprint density at radius 1 is 1.16 bits per heavy atom. The highest BCUT2D eigenvalue weighted by atomic mass is 15.4. The van der Waals surface area contributed by atoms with E-state index >= 15 is 0 Å². The summed E-state index contributed by atoms with van der Waals surface area (Å²) >= 11 is 0. The molecular weight excluding hydrogens is 238 g/mol. The van der Waals surface area contributed by atoms with Gasteiger partial charge in [0.2, 0.25) is 0 Å². The van der Waals surface area contributed by atoms with Crippen molar-refractivity contribution in [3.05, 3.63) is 17.6 Å². The van der Waals surface area contributed by atoms with Gasteiger partial charge in [-0.05, 0) is 38.5 Å². The number of aryl methyl sites for hydroxylation is 1. The Kier molecular flexibility index (Phi) is 2.31. The fraction of sp³-hybridized carbons (Fsp3) is 0.643. The summed E-state index contributed by atoms with van der Waals surface area (Å²) < 4.78 is 1.91. The van der Waals surface area contributed by atoms with E-state index in [9.17, 15) is 0 Å². The Labute approximate surface area is 112 Å². The smallest absolute Gasteiger partial charge is 0.254 e. The third-order valence-electron chi connectivity index (χ3n) is 4.90. The van der Waals surface area contributed by atoms with Gasteiger partial charge in [-0.3, -0.25) is 0 Å². The van der Waals surface area contributed by atoms with Crippen molar-refractivity contribution in [3.63, 3.8) is 0 Å². The summed E-state index contributed by atoms with van der Waals surface area (Å²) in [7, 11) is 0. The van der Waals surface area contributed by atoms with Crippen LogP contribution in [-0.2, 0) is 0 Å². The molecule has 3 heterocycles. The van der Waals surface area contributed by atoms with E-state index in [1.165, 1.54) is 43.7 Å². The highest BCUT2D eigenvalue weighted by Crippen LogP contribution is 2.40. The Hall–Kier alpha value is -1.65. The van der Waals surface area contributed by atoms with E-state index in [4.69, 9.17) is 0 Å². The fourth-order valence-electron chi connectivity index (χ4n) is 3.79. The van der Waals surface area contributed by atoms with Gasteiger partial charge in [-0.2, -0.15) is 14.6 Å². The van der Waals surface area contributed by atoms with Crippen molar-refractivity contribution in [2.75, 3.05) is 18.0 Å². The summed E-state index contributed by atoms with van der Waals surface area (Å²) in [4.78, 5) is 11.2. The third-order valence-corrected chi connectivity index (χ3v) is 4.90. The Morgan fingerprint density at radius 3 is 2.63 bits per heavy atom. The monoisotopic (exact) mass is 257 g/mol. The maximum absolute atomic E-state index is 4.50. The second-order valence-corrected chi connectivity index (χ2v) is 5.97. The zero-order valence-electron chi connectivity index (χ0n) is 11.5. The van der Waals surface area contributed by atoms with Gasteiger partial charge in [-0.1, -0.05) is 6.42 Å². The van der Waals surface area contributed by atoms with E-state index in [2.05, 4.69) is 33.8 Å². The van der Waals surface area contributed by atoms with Crippen LogP contribution in [0.4, 0.5) is 5.82 Å². The van der Waals surface area contributed by atoms with Crippen LogP contribution in [0.3, 0.4) is 0 Å². The molecule has 1 aliphatic heterocycles. The van der Waals surface area contributed by atoms with Crippen LogP contribution in [0.25, 0.3) is 5.78 Å². The van der Waals surface area contributed by atoms with Gasteiger partial charge in [0.1, 0.15) is 12.1 Å². The Bertz CT molecular complexity index is 620. The molecule has 1 aliphatic carbocycles. The van der Waals surface area contributed by atoms with Gasteiger partial charge in [-0.25, -0.2) is 4.98 Å². The van der Waals surface area contributed by atoms with Crippen molar-refractivity contribution in [3.8, 4) is 0 Å². The summed E-state index contributed by atoms with van der Waals surface area (Å²) in [5.74, 6) is 3.68. The molecule has 0 unspecified atom stereocenters. The van der Waals surface area contributed by atoms with Crippen LogP contribution in [0.2, 0.25) is 0 Å². The summed E-state index contributed by atoms with van der Waals surface area (Å²) in [5, 5.41) is 4.36. The minimum Gasteiger partial charge on any atom is -0.356 e. The van der Waals surface area contributed by atoms with Crippen molar-refractivity contribution >= 4 is 11.6 Å². The van der Waals surface area contributed by atoms with Crippen LogP contribution in [-0.4, -0.2) is 32.7 Å². The van der Waals surface area contributed by atoms with E-state index in [1.54, 1.807) is 6.33 Å². The van der Waals surface area contributed by atoms with Gasteiger partial charge >= 0.3 is 0 Å². The van der Waals surface area contributed by atoms with Crippen LogP contribution in [0, 0.1) is 25.7 Å². The normalized spacial score (nSPS) is 26.3. The van der Waals surface area contributed by atoms with Crippen LogP contribution >= 0.6 is 0 Å². The van der Waals surface area contributed by atoms with E-state index in [1.807, 2.05) is 4.52 Å². The molecule has 0 aromatic carbocycles. The zero-order chi connectivity index (χ0) is 13.0. The molecule has 0 N–H and O–H groups in total. The van der Waals surface area contributed by atoms with Crippen LogP contribution in [0.1, 0.15) is 30.5 Å². The molecule has 1 saturated carbocycles. The van der Waals surface area contributed by atoms with Crippen LogP contribution < -0.4 is 4.90 Å². The first-order valence-electron chi connectivity index (χ1n) is 7.16. The molecule has 0 amide bonds. The molecule has 2 aliphatic rings. The standard InChI is InChI=1S/C14H19N5/c1-9-10(2)17-14-15-8-16-19(14)13(9)18-6-11-4-3-5-12(11)7-18/h8,11-12H,3-7H2,1-2H3/t11-,12-/m0/s1. The fourth-order valence-corrected chi connectivity index (χ4v) is 3.79. The predicted molar refractivity (Wildman–Crippen MR) is 73.3 cm³/mol. The minimum atomic E-state index is 0.718. The molecule has 2 atom stereocenters. The molecule has 19 heavy (non-hydrogen) atoms. The zero-order valence-corrected chi connectivity index (χ0v) is 11.5. The molecule has 2 fully saturated rings. The number of hydrogen-bond acceptors (Lipinski definition) is 4. The molecular formula is C14H19N5. The van der Waals surface area contributed by atoms with Gasteiger partial charge in [0.05, 0.1) is 0 Å². The van der Waals surface area contributed by atoms with Crippen molar-refractivity contribution in [2.45, 2.75) is 33.1 Å². The molecule has 5 heteroatoms. The minimum absolute atomic E-state index is 0.718. The highest BCUT2D eigenvalue weighted by molar-refractivity contribution is 5.54. The second-order valence-electron chi connectivity index (χ2n) is 5.97. The number of nitrogens with zero attached hydrogens (tertiary/aromatic N) is 5. The lowest BCUT2D eigenvalue weighted by molar-refractivity contribution is 0.494. The molecule has 100 valence electrons. The molecule has 0 spiro atoms. The molecule has 4 rings (SSSR count). The average Bonchev–Trinajstić information content (AvgIpc) is 3.04. The number of rotatable bonds is 1. The third kappa shape index (κ3) is 1.57. The first-order chi connectivity index (χ1) is 9.24. The topological polar surface area (TPSA) is 46.3 Å². The average molecular weight is 257 g/mol. The lowest BCUT2D eigenvalue weighted by atomic mass is 10.0. The highest BCUT2D eigenvalue weighted by Gasteiger charge is 2.37. The Morgan fingerprint density at radius 2 is 1.89 bits per heavy atom. The molecule has 0 bridgehead atoms. The summed E-state index contributed by atoms with van der Waals surface area (Å²) in [6, 6.07) is 0. The van der Waals surface area contributed by atoms with Gasteiger partial charge in [-0.15, -0.1) is 0 Å². The Balaban J connectivity index is 1.82. The van der Waals surface area contributed by atoms with Gasteiger partial charge in [0.25, 0.3) is 5.78 Å². The van der Waals surface area contributed by atoms with E-state index in [0.717, 1.165) is 23.3 Å². The lowest BCUT2D eigenvalue weighted by Gasteiger charge is -2.22. The molecule has 5 nitrogen and oxygen atoms in total. The molecule has 2 aromatic heterocycles. The van der Waals surface area contributed by atoms with Crippen LogP contribution in [0.5, 0.6) is 0 Å². The molecule has 2 aromatic rings. The number of aromatic nitrogens is 4. The van der Waals surface area contributed by atoms with E-state index < -0.39 is 0 Å². The second kappa shape index (κ2) is 3.92. The summed E-state index contributed by atoms with van der Waals surface area (Å²) in [6.07, 6.45) is 5.80. The van der Waals surface area contributed by atoms with Crippen molar-refractivity contribution in [1.82, 2.24) is 19.6 Å². The molecule has 1 saturated heterocycles. The predicted octanol–water partition coefficient (Wildman–Crippen LogP) is 1.98. The first-order valence-corrected chi connectivity index (χ1v) is 7.16. The van der Waals surface area contributed by atoms with Gasteiger partial charge in [0.15, 0.2) is 0 Å². The van der Waals surface area contributed by atoms with Crippen molar-refractivity contribution in [2.24, 2.45) is 11.8 Å². The number of fused-ring (bicyclic) bond motifs is 2. The lowest BCUT2D eigenvalue weighted by Crippen LogP contribution is -2.25. The van der Waals surface area contributed by atoms with Crippen LogP contribution in [0.15, 0.2) is 6.33 Å².